The second kappa shape index (κ2) is 4.77. The van der Waals surface area contributed by atoms with Crippen molar-refractivity contribution in [2.75, 3.05) is 5.32 Å². The number of aryl methyl sites for hydroxylation is 1. The molecule has 4 nitrogen and oxygen atoms in total. The maximum absolute atomic E-state index is 13.5. The van der Waals surface area contributed by atoms with Gasteiger partial charge >= 0.3 is 6.03 Å². The summed E-state index contributed by atoms with van der Waals surface area (Å²) in [6.45, 7) is 1.83. The van der Waals surface area contributed by atoms with E-state index in [1.165, 1.54) is 16.8 Å². The van der Waals surface area contributed by atoms with Crippen LogP contribution in [0.3, 0.4) is 0 Å². The average Bonchev–Trinajstić information content (AvgIpc) is 2.79. The molecule has 0 aliphatic carbocycles. The van der Waals surface area contributed by atoms with Gasteiger partial charge in [0.25, 0.3) is 0 Å². The zero-order valence-corrected chi connectivity index (χ0v) is 10.8. The first-order valence-electron chi connectivity index (χ1n) is 6.17. The molecule has 100 valence electrons. The number of carbonyl (C=O) groups is 1. The first-order chi connectivity index (χ1) is 9.66. The van der Waals surface area contributed by atoms with E-state index < -0.39 is 11.8 Å². The zero-order chi connectivity index (χ0) is 14.1. The molecular formula is C15H12FN3O. The molecule has 20 heavy (non-hydrogen) atoms. The minimum atomic E-state index is -0.487. The molecule has 3 aromatic rings. The summed E-state index contributed by atoms with van der Waals surface area (Å²) in [7, 11) is 0. The Kier molecular flexibility index (Phi) is 2.95. The normalized spacial score (nSPS) is 10.7. The molecule has 0 aliphatic heterocycles. The Balaban J connectivity index is 2.00. The molecule has 1 aromatic heterocycles. The third-order valence-electron chi connectivity index (χ3n) is 3.08. The third-order valence-corrected chi connectivity index (χ3v) is 3.08. The fourth-order valence-electron chi connectivity index (χ4n) is 2.11. The summed E-state index contributed by atoms with van der Waals surface area (Å²) in [5.74, 6) is -0.478. The number of fused-ring (bicyclic) bond motifs is 1. The van der Waals surface area contributed by atoms with Gasteiger partial charge in [-0.25, -0.2) is 9.18 Å². The van der Waals surface area contributed by atoms with Crippen LogP contribution in [0.1, 0.15) is 5.69 Å². The minimum Gasteiger partial charge on any atom is -0.303 e. The summed E-state index contributed by atoms with van der Waals surface area (Å²) in [4.78, 5) is 12.2. The van der Waals surface area contributed by atoms with E-state index in [1.807, 2.05) is 25.1 Å². The molecule has 0 atom stereocenters. The van der Waals surface area contributed by atoms with Gasteiger partial charge in [0.05, 0.1) is 16.9 Å². The Bertz CT molecular complexity index is 795. The van der Waals surface area contributed by atoms with E-state index in [-0.39, 0.29) is 5.69 Å². The topological polar surface area (TPSA) is 46.9 Å². The Labute approximate surface area is 114 Å². The lowest BCUT2D eigenvalue weighted by atomic mass is 10.2. The number of nitrogens with one attached hydrogen (secondary N) is 1. The highest BCUT2D eigenvalue weighted by molar-refractivity contribution is 5.98. The van der Waals surface area contributed by atoms with Crippen LogP contribution in [0.2, 0.25) is 0 Å². The van der Waals surface area contributed by atoms with Crippen molar-refractivity contribution in [2.24, 2.45) is 0 Å². The Morgan fingerprint density at radius 3 is 2.65 bits per heavy atom. The highest BCUT2D eigenvalue weighted by Gasteiger charge is 2.14. The Morgan fingerprint density at radius 1 is 1.15 bits per heavy atom. The Hall–Kier alpha value is -2.69. The molecule has 0 bridgehead atoms. The first kappa shape index (κ1) is 12.3. The summed E-state index contributed by atoms with van der Waals surface area (Å²) in [5.41, 5.74) is 1.58. The van der Waals surface area contributed by atoms with E-state index in [2.05, 4.69) is 10.4 Å². The van der Waals surface area contributed by atoms with Crippen LogP contribution in [0.4, 0.5) is 14.9 Å². The molecule has 0 radical (unpaired) electrons. The third kappa shape index (κ3) is 2.03. The molecule has 0 saturated heterocycles. The molecule has 1 amide bonds. The number of hydrogen-bond acceptors (Lipinski definition) is 2. The summed E-state index contributed by atoms with van der Waals surface area (Å²) in [5, 5.41) is 7.62. The van der Waals surface area contributed by atoms with Crippen molar-refractivity contribution < 1.29 is 9.18 Å². The van der Waals surface area contributed by atoms with E-state index in [1.54, 1.807) is 18.2 Å². The first-order valence-corrected chi connectivity index (χ1v) is 6.17. The number of anilines is 1. The van der Waals surface area contributed by atoms with Crippen LogP contribution >= 0.6 is 0 Å². The number of rotatable bonds is 1. The second-order valence-electron chi connectivity index (χ2n) is 4.42. The van der Waals surface area contributed by atoms with Crippen LogP contribution in [0.15, 0.2) is 48.5 Å². The summed E-state index contributed by atoms with van der Waals surface area (Å²) >= 11 is 0. The van der Waals surface area contributed by atoms with Crippen molar-refractivity contribution in [3.05, 3.63) is 60.0 Å². The summed E-state index contributed by atoms with van der Waals surface area (Å²) < 4.78 is 14.8. The molecule has 0 aliphatic rings. The van der Waals surface area contributed by atoms with Gasteiger partial charge in [0, 0.05) is 5.39 Å². The van der Waals surface area contributed by atoms with Crippen molar-refractivity contribution in [1.29, 1.82) is 0 Å². The van der Waals surface area contributed by atoms with E-state index in [9.17, 15) is 9.18 Å². The smallest absolute Gasteiger partial charge is 0.303 e. The minimum absolute atomic E-state index is 0.134. The molecule has 0 saturated carbocycles. The lowest BCUT2D eigenvalue weighted by molar-refractivity contribution is 0.251. The summed E-state index contributed by atoms with van der Waals surface area (Å²) in [6.07, 6.45) is 0. The second-order valence-corrected chi connectivity index (χ2v) is 4.42. The van der Waals surface area contributed by atoms with Crippen LogP contribution < -0.4 is 5.32 Å². The van der Waals surface area contributed by atoms with Gasteiger partial charge in [-0.3, -0.25) is 0 Å². The predicted molar refractivity (Wildman–Crippen MR) is 75.3 cm³/mol. The van der Waals surface area contributed by atoms with Crippen molar-refractivity contribution >= 4 is 22.6 Å². The highest BCUT2D eigenvalue weighted by Crippen LogP contribution is 2.18. The van der Waals surface area contributed by atoms with Gasteiger partial charge in [-0.05, 0) is 25.1 Å². The lowest BCUT2D eigenvalue weighted by Crippen LogP contribution is -2.21. The van der Waals surface area contributed by atoms with Crippen LogP contribution in [0.5, 0.6) is 0 Å². The number of amides is 1. The van der Waals surface area contributed by atoms with Gasteiger partial charge in [-0.2, -0.15) is 9.78 Å². The largest absolute Gasteiger partial charge is 0.347 e. The van der Waals surface area contributed by atoms with E-state index in [0.29, 0.717) is 5.52 Å². The van der Waals surface area contributed by atoms with E-state index >= 15 is 0 Å². The number of nitrogens with zero attached hydrogens (tertiary/aromatic N) is 2. The monoisotopic (exact) mass is 269 g/mol. The maximum atomic E-state index is 13.5. The van der Waals surface area contributed by atoms with E-state index in [0.717, 1.165) is 11.1 Å². The van der Waals surface area contributed by atoms with Crippen molar-refractivity contribution in [2.45, 2.75) is 6.92 Å². The molecule has 2 aromatic carbocycles. The quantitative estimate of drug-likeness (QED) is 0.734. The number of halogens is 1. The van der Waals surface area contributed by atoms with Crippen molar-refractivity contribution in [3.63, 3.8) is 0 Å². The molecule has 1 heterocycles. The average molecular weight is 269 g/mol. The molecule has 5 heteroatoms. The predicted octanol–water partition coefficient (Wildman–Crippen LogP) is 3.56. The maximum Gasteiger partial charge on any atom is 0.347 e. The molecular weight excluding hydrogens is 257 g/mol. The lowest BCUT2D eigenvalue weighted by Gasteiger charge is -2.06. The SMILES string of the molecule is Cc1nn(C(=O)Nc2ccccc2F)c2ccccc12. The number of aromatic nitrogens is 2. The molecule has 1 N–H and O–H groups in total. The van der Waals surface area contributed by atoms with Gasteiger partial charge in [-0.1, -0.05) is 30.3 Å². The number of para-hydroxylation sites is 2. The number of carbonyl (C=O) groups excluding carboxylic acids is 1. The van der Waals surface area contributed by atoms with Crippen LogP contribution in [0.25, 0.3) is 10.9 Å². The van der Waals surface area contributed by atoms with Crippen molar-refractivity contribution in [1.82, 2.24) is 9.78 Å². The van der Waals surface area contributed by atoms with Gasteiger partial charge in [-0.15, -0.1) is 0 Å². The fourth-order valence-corrected chi connectivity index (χ4v) is 2.11. The van der Waals surface area contributed by atoms with Gasteiger partial charge < -0.3 is 5.32 Å². The number of benzene rings is 2. The number of hydrogen-bond donors (Lipinski definition) is 1. The van der Waals surface area contributed by atoms with E-state index in [4.69, 9.17) is 0 Å². The Morgan fingerprint density at radius 2 is 1.85 bits per heavy atom. The van der Waals surface area contributed by atoms with Gasteiger partial charge in [0.1, 0.15) is 5.82 Å². The molecule has 0 unspecified atom stereocenters. The van der Waals surface area contributed by atoms with Gasteiger partial charge in [0.2, 0.25) is 0 Å². The zero-order valence-electron chi connectivity index (χ0n) is 10.8. The molecule has 3 rings (SSSR count). The fraction of sp³-hybridized carbons (Fsp3) is 0.0667. The van der Waals surface area contributed by atoms with Crippen LogP contribution in [0, 0.1) is 12.7 Å². The van der Waals surface area contributed by atoms with Crippen molar-refractivity contribution in [3.8, 4) is 0 Å². The molecule has 0 fully saturated rings. The van der Waals surface area contributed by atoms with Crippen LogP contribution in [-0.2, 0) is 0 Å². The standard InChI is InChI=1S/C15H12FN3O/c1-10-11-6-2-5-9-14(11)19(18-10)15(20)17-13-8-4-3-7-12(13)16/h2-9H,1H3,(H,17,20). The van der Waals surface area contributed by atoms with Crippen LogP contribution in [-0.4, -0.2) is 15.8 Å². The molecule has 0 spiro atoms. The highest BCUT2D eigenvalue weighted by atomic mass is 19.1. The van der Waals surface area contributed by atoms with Gasteiger partial charge in [0.15, 0.2) is 0 Å². The summed E-state index contributed by atoms with van der Waals surface area (Å²) in [6, 6.07) is 12.9.